The molecule has 0 aliphatic heterocycles. The molecule has 0 aliphatic carbocycles. The summed E-state index contributed by atoms with van der Waals surface area (Å²) >= 11 is 0. The molecule has 1 aromatic rings. The van der Waals surface area contributed by atoms with Crippen LogP contribution in [0.5, 0.6) is 0 Å². The summed E-state index contributed by atoms with van der Waals surface area (Å²) in [5.41, 5.74) is 10.0. The number of esters is 1. The van der Waals surface area contributed by atoms with Gasteiger partial charge in [-0.1, -0.05) is 0 Å². The van der Waals surface area contributed by atoms with Crippen LogP contribution < -0.4 is 11.5 Å². The van der Waals surface area contributed by atoms with Crippen molar-refractivity contribution in [3.63, 3.8) is 0 Å². The highest BCUT2D eigenvalue weighted by atomic mass is 19.4. The molecule has 0 radical (unpaired) electrons. The Morgan fingerprint density at radius 3 is 1.82 bits per heavy atom. The van der Waals surface area contributed by atoms with Gasteiger partial charge in [0.25, 0.3) is 0 Å². The molecule has 1 aromatic carbocycles. The largest absolute Gasteiger partial charge is 0.460 e. The molecule has 0 saturated heterocycles. The number of nitrogen functional groups attached to an aromatic ring is 2. The monoisotopic (exact) mass is 334 g/mol. The van der Waals surface area contributed by atoms with Crippen molar-refractivity contribution in [2.24, 2.45) is 0 Å². The Morgan fingerprint density at radius 2 is 1.41 bits per heavy atom. The zero-order chi connectivity index (χ0) is 17.3. The van der Waals surface area contributed by atoms with E-state index in [1.165, 1.54) is 6.07 Å². The molecule has 4 N–H and O–H groups in total. The smallest absolute Gasteiger partial charge is 0.455 e. The van der Waals surface area contributed by atoms with Crippen molar-refractivity contribution < 1.29 is 40.3 Å². The van der Waals surface area contributed by atoms with Crippen molar-refractivity contribution in [3.8, 4) is 0 Å². The van der Waals surface area contributed by atoms with Crippen LogP contribution in [0.3, 0.4) is 0 Å². The summed E-state index contributed by atoms with van der Waals surface area (Å²) in [4.78, 5) is 11.4. The first kappa shape index (κ1) is 17.9. The lowest BCUT2D eigenvalue weighted by Crippen LogP contribution is -2.54. The number of hydrogen-bond acceptors (Lipinski definition) is 4. The van der Waals surface area contributed by atoms with Gasteiger partial charge in [-0.25, -0.2) is 4.79 Å². The van der Waals surface area contributed by atoms with Gasteiger partial charge in [-0.15, -0.1) is 0 Å². The van der Waals surface area contributed by atoms with Crippen molar-refractivity contribution in [3.05, 3.63) is 23.8 Å². The van der Waals surface area contributed by atoms with E-state index in [0.29, 0.717) is 0 Å². The predicted octanol–water partition coefficient (Wildman–Crippen LogP) is 2.84. The van der Waals surface area contributed by atoms with Gasteiger partial charge in [0, 0.05) is 11.4 Å². The van der Waals surface area contributed by atoms with Crippen LogP contribution in [0.1, 0.15) is 10.4 Å². The first-order valence-electron chi connectivity index (χ1n) is 5.43. The molecule has 1 rings (SSSR count). The maximum absolute atomic E-state index is 12.9. The van der Waals surface area contributed by atoms with E-state index in [9.17, 15) is 35.5 Å². The third-order valence-electron chi connectivity index (χ3n) is 2.41. The topological polar surface area (TPSA) is 78.3 Å². The minimum Gasteiger partial charge on any atom is -0.455 e. The number of halogens is 7. The Hall–Kier alpha value is -2.20. The number of hydrogen-bond donors (Lipinski definition) is 2. The van der Waals surface area contributed by atoms with Gasteiger partial charge >= 0.3 is 24.0 Å². The third-order valence-corrected chi connectivity index (χ3v) is 2.41. The molecule has 0 heterocycles. The third kappa shape index (κ3) is 3.52. The fourth-order valence-electron chi connectivity index (χ4n) is 1.33. The first-order valence-corrected chi connectivity index (χ1v) is 5.43. The van der Waals surface area contributed by atoms with Crippen LogP contribution in [0.25, 0.3) is 0 Å². The lowest BCUT2D eigenvalue weighted by Gasteiger charge is -2.27. The molecule has 11 heteroatoms. The molecule has 0 saturated carbocycles. The number of benzene rings is 1. The van der Waals surface area contributed by atoms with Crippen molar-refractivity contribution in [2.75, 3.05) is 18.1 Å². The van der Waals surface area contributed by atoms with Gasteiger partial charge in [0.05, 0.1) is 5.56 Å². The zero-order valence-corrected chi connectivity index (χ0v) is 10.6. The van der Waals surface area contributed by atoms with Crippen LogP contribution in [-0.2, 0) is 4.74 Å². The van der Waals surface area contributed by atoms with Crippen molar-refractivity contribution in [1.29, 1.82) is 0 Å². The summed E-state index contributed by atoms with van der Waals surface area (Å²) in [7, 11) is 0. The van der Waals surface area contributed by atoms with Gasteiger partial charge in [0.1, 0.15) is 0 Å². The van der Waals surface area contributed by atoms with Crippen LogP contribution in [0, 0.1) is 0 Å². The number of alkyl halides is 7. The Bertz CT molecular complexity index is 552. The molecule has 22 heavy (non-hydrogen) atoms. The predicted molar refractivity (Wildman–Crippen MR) is 61.5 cm³/mol. The van der Waals surface area contributed by atoms with E-state index in [1.807, 2.05) is 0 Å². The fourth-order valence-corrected chi connectivity index (χ4v) is 1.33. The number of ether oxygens (including phenoxy) is 1. The van der Waals surface area contributed by atoms with E-state index in [0.717, 1.165) is 12.1 Å². The van der Waals surface area contributed by atoms with Gasteiger partial charge in [0.2, 0.25) is 0 Å². The number of anilines is 2. The van der Waals surface area contributed by atoms with Crippen molar-refractivity contribution >= 4 is 17.3 Å². The van der Waals surface area contributed by atoms with Gasteiger partial charge in [0.15, 0.2) is 6.61 Å². The van der Waals surface area contributed by atoms with Crippen LogP contribution in [0.2, 0.25) is 0 Å². The molecule has 0 amide bonds. The number of carbonyl (C=O) groups excluding carboxylic acids is 1. The highest BCUT2D eigenvalue weighted by Gasteiger charge is 2.73. The normalized spacial score (nSPS) is 13.0. The van der Waals surface area contributed by atoms with Crippen LogP contribution >= 0.6 is 0 Å². The Balaban J connectivity index is 2.86. The van der Waals surface area contributed by atoms with Crippen LogP contribution in [0.15, 0.2) is 18.2 Å². The molecule has 0 aromatic heterocycles. The molecule has 124 valence electrons. The minimum atomic E-state index is -6.50. The van der Waals surface area contributed by atoms with E-state index >= 15 is 0 Å². The van der Waals surface area contributed by atoms with E-state index in [4.69, 9.17) is 11.5 Å². The van der Waals surface area contributed by atoms with E-state index in [-0.39, 0.29) is 11.4 Å². The summed E-state index contributed by atoms with van der Waals surface area (Å²) in [5, 5.41) is 0. The maximum Gasteiger partial charge on any atom is 0.460 e. The van der Waals surface area contributed by atoms with E-state index in [1.54, 1.807) is 0 Å². The Labute approximate surface area is 118 Å². The quantitative estimate of drug-likeness (QED) is 0.504. The second kappa shape index (κ2) is 5.54. The maximum atomic E-state index is 12.9. The van der Waals surface area contributed by atoms with Gasteiger partial charge < -0.3 is 16.2 Å². The summed E-state index contributed by atoms with van der Waals surface area (Å²) in [6.07, 6.45) is -6.50. The number of carbonyl (C=O) groups is 1. The lowest BCUT2D eigenvalue weighted by molar-refractivity contribution is -0.359. The first-order chi connectivity index (χ1) is 9.78. The number of rotatable bonds is 4. The second-order valence-electron chi connectivity index (χ2n) is 4.24. The zero-order valence-electron chi connectivity index (χ0n) is 10.6. The SMILES string of the molecule is Nc1cc(N)cc(C(=O)OCC(F)(F)C(F)(F)C(F)(F)F)c1. The molecule has 0 aliphatic rings. The van der Waals surface area contributed by atoms with Crippen LogP contribution in [-0.4, -0.2) is 30.6 Å². The van der Waals surface area contributed by atoms with Crippen molar-refractivity contribution in [1.82, 2.24) is 0 Å². The lowest BCUT2D eigenvalue weighted by atomic mass is 10.1. The molecule has 0 bridgehead atoms. The average Bonchev–Trinajstić information content (AvgIpc) is 2.33. The van der Waals surface area contributed by atoms with Gasteiger partial charge in [-0.2, -0.15) is 30.7 Å². The molecule has 4 nitrogen and oxygen atoms in total. The standard InChI is InChI=1S/C11H9F7N2O2/c12-9(13,10(14,15)11(16,17)18)4-22-8(21)5-1-6(19)3-7(20)2-5/h1-3H,4,19-20H2. The Morgan fingerprint density at radius 1 is 0.955 bits per heavy atom. The highest BCUT2D eigenvalue weighted by Crippen LogP contribution is 2.46. The van der Waals surface area contributed by atoms with Crippen LogP contribution in [0.4, 0.5) is 42.1 Å². The summed E-state index contributed by atoms with van der Waals surface area (Å²) in [6, 6.07) is 3.06. The van der Waals surface area contributed by atoms with Crippen molar-refractivity contribution in [2.45, 2.75) is 18.0 Å². The van der Waals surface area contributed by atoms with Gasteiger partial charge in [-0.3, -0.25) is 0 Å². The summed E-state index contributed by atoms with van der Waals surface area (Å²) in [6.45, 7) is -2.47. The molecule has 0 atom stereocenters. The Kier molecular flexibility index (Phi) is 4.49. The van der Waals surface area contributed by atoms with Gasteiger partial charge in [-0.05, 0) is 18.2 Å². The second-order valence-corrected chi connectivity index (χ2v) is 4.24. The summed E-state index contributed by atoms with van der Waals surface area (Å²) in [5.74, 6) is -13.6. The highest BCUT2D eigenvalue weighted by molar-refractivity contribution is 5.91. The fraction of sp³-hybridized carbons (Fsp3) is 0.364. The molecular weight excluding hydrogens is 325 g/mol. The van der Waals surface area contributed by atoms with E-state index in [2.05, 4.69) is 4.74 Å². The van der Waals surface area contributed by atoms with E-state index < -0.39 is 36.2 Å². The molecular formula is C11H9F7N2O2. The number of nitrogens with two attached hydrogens (primary N) is 2. The summed E-state index contributed by atoms with van der Waals surface area (Å²) < 4.78 is 90.5. The molecule has 0 unspecified atom stereocenters. The molecule has 0 fully saturated rings. The molecule has 0 spiro atoms. The average molecular weight is 334 g/mol. The minimum absolute atomic E-state index is 0.0562.